The summed E-state index contributed by atoms with van der Waals surface area (Å²) in [4.78, 5) is 4.81. The van der Waals surface area contributed by atoms with Crippen molar-refractivity contribution in [2.24, 2.45) is 0 Å². The third-order valence-electron chi connectivity index (χ3n) is 4.86. The minimum Gasteiger partial charge on any atom is -0.491 e. The van der Waals surface area contributed by atoms with Gasteiger partial charge in [0.25, 0.3) is 0 Å². The maximum absolute atomic E-state index is 5.77. The van der Waals surface area contributed by atoms with Crippen molar-refractivity contribution in [2.45, 2.75) is 52.3 Å². The molecule has 3 aromatic rings. The molecule has 0 saturated heterocycles. The van der Waals surface area contributed by atoms with Crippen molar-refractivity contribution in [1.82, 2.24) is 9.55 Å². The Morgan fingerprint density at radius 1 is 1.11 bits per heavy atom. The number of ether oxygens (including phenoxy) is 1. The molecule has 0 atom stereocenters. The summed E-state index contributed by atoms with van der Waals surface area (Å²) in [5, 5.41) is 3.49. The summed E-state index contributed by atoms with van der Waals surface area (Å²) in [6.45, 7) is 5.96. The number of anilines is 1. The molecular formula is C23H27N3O. The minimum atomic E-state index is 0.189. The number of fused-ring (bicyclic) bond motifs is 1. The van der Waals surface area contributed by atoms with E-state index >= 15 is 0 Å². The fraction of sp³-hybridized carbons (Fsp3) is 0.348. The number of aromatic nitrogens is 2. The molecule has 27 heavy (non-hydrogen) atoms. The van der Waals surface area contributed by atoms with Gasteiger partial charge in [-0.25, -0.2) is 4.98 Å². The number of hydrogen-bond acceptors (Lipinski definition) is 3. The lowest BCUT2D eigenvalue weighted by molar-refractivity contribution is 0.242. The minimum absolute atomic E-state index is 0.189. The zero-order chi connectivity index (χ0) is 18.6. The Morgan fingerprint density at radius 2 is 1.96 bits per heavy atom. The van der Waals surface area contributed by atoms with Gasteiger partial charge in [-0.1, -0.05) is 24.3 Å². The first-order valence-electron chi connectivity index (χ1n) is 9.83. The fourth-order valence-corrected chi connectivity index (χ4v) is 3.52. The van der Waals surface area contributed by atoms with Gasteiger partial charge in [0, 0.05) is 37.0 Å². The van der Waals surface area contributed by atoms with Crippen molar-refractivity contribution >= 4 is 5.69 Å². The van der Waals surface area contributed by atoms with Crippen molar-refractivity contribution < 1.29 is 4.74 Å². The van der Waals surface area contributed by atoms with E-state index in [9.17, 15) is 0 Å². The normalized spacial score (nSPS) is 13.4. The number of nitrogens with zero attached hydrogens (tertiary/aromatic N) is 2. The molecular weight excluding hydrogens is 334 g/mol. The van der Waals surface area contributed by atoms with E-state index in [0.29, 0.717) is 0 Å². The highest BCUT2D eigenvalue weighted by molar-refractivity contribution is 5.62. The van der Waals surface area contributed by atoms with E-state index in [1.807, 2.05) is 26.0 Å². The molecule has 0 fully saturated rings. The topological polar surface area (TPSA) is 39.1 Å². The van der Waals surface area contributed by atoms with E-state index in [-0.39, 0.29) is 6.10 Å². The molecule has 1 aromatic heterocycles. The van der Waals surface area contributed by atoms with Crippen LogP contribution in [0.2, 0.25) is 0 Å². The second kappa shape index (κ2) is 7.87. The number of aryl methyl sites for hydroxylation is 2. The number of hydrogen-bond donors (Lipinski definition) is 1. The predicted octanol–water partition coefficient (Wildman–Crippen LogP) is 5.29. The molecule has 0 saturated carbocycles. The summed E-state index contributed by atoms with van der Waals surface area (Å²) in [7, 11) is 0. The van der Waals surface area contributed by atoms with Gasteiger partial charge in [-0.2, -0.15) is 0 Å². The molecule has 1 aliphatic heterocycles. The van der Waals surface area contributed by atoms with Crippen LogP contribution in [0.5, 0.6) is 5.75 Å². The van der Waals surface area contributed by atoms with E-state index in [0.717, 1.165) is 36.6 Å². The summed E-state index contributed by atoms with van der Waals surface area (Å²) in [5.41, 5.74) is 4.57. The van der Waals surface area contributed by atoms with Crippen molar-refractivity contribution in [3.05, 3.63) is 66.1 Å². The Labute approximate surface area is 161 Å². The van der Waals surface area contributed by atoms with Gasteiger partial charge in [0.2, 0.25) is 0 Å². The molecule has 0 bridgehead atoms. The van der Waals surface area contributed by atoms with Crippen LogP contribution in [-0.4, -0.2) is 15.7 Å². The summed E-state index contributed by atoms with van der Waals surface area (Å²) in [6, 6.07) is 16.8. The highest BCUT2D eigenvalue weighted by Gasteiger charge is 2.13. The SMILES string of the molecule is CC(C)Oc1cccc(CNc2ccc(-c3cn4c(n3)CCCC4)cc2)c1. The zero-order valence-electron chi connectivity index (χ0n) is 16.1. The van der Waals surface area contributed by atoms with Gasteiger partial charge in [-0.3, -0.25) is 0 Å². The summed E-state index contributed by atoms with van der Waals surface area (Å²) in [6.07, 6.45) is 5.99. The second-order valence-electron chi connectivity index (χ2n) is 7.44. The molecule has 0 unspecified atom stereocenters. The first-order valence-corrected chi connectivity index (χ1v) is 9.83. The summed E-state index contributed by atoms with van der Waals surface area (Å²) < 4.78 is 8.07. The predicted molar refractivity (Wildman–Crippen MR) is 110 cm³/mol. The number of benzene rings is 2. The quantitative estimate of drug-likeness (QED) is 0.649. The van der Waals surface area contributed by atoms with Crippen molar-refractivity contribution in [3.8, 4) is 17.0 Å². The molecule has 4 heteroatoms. The molecule has 140 valence electrons. The molecule has 0 radical (unpaired) electrons. The standard InChI is InChI=1S/C23H27N3O/c1-17(2)27-21-7-5-6-18(14-21)15-24-20-11-9-19(10-12-20)22-16-26-13-4-3-8-23(26)25-22/h5-7,9-12,14,16-17,24H,3-4,8,13,15H2,1-2H3. The van der Waals surface area contributed by atoms with Gasteiger partial charge in [0.05, 0.1) is 11.8 Å². The Kier molecular flexibility index (Phi) is 5.14. The van der Waals surface area contributed by atoms with Crippen LogP contribution in [-0.2, 0) is 19.5 Å². The van der Waals surface area contributed by atoms with Crippen molar-refractivity contribution in [2.75, 3.05) is 5.32 Å². The Bertz CT molecular complexity index is 873. The molecule has 0 amide bonds. The zero-order valence-corrected chi connectivity index (χ0v) is 16.1. The molecule has 0 spiro atoms. The van der Waals surface area contributed by atoms with Gasteiger partial charge in [-0.05, 0) is 56.5 Å². The van der Waals surface area contributed by atoms with E-state index in [4.69, 9.17) is 9.72 Å². The van der Waals surface area contributed by atoms with Gasteiger partial charge >= 0.3 is 0 Å². The van der Waals surface area contributed by atoms with Crippen LogP contribution < -0.4 is 10.1 Å². The lowest BCUT2D eigenvalue weighted by Gasteiger charge is -2.12. The molecule has 4 nitrogen and oxygen atoms in total. The Balaban J connectivity index is 1.40. The first-order chi connectivity index (χ1) is 13.2. The van der Waals surface area contributed by atoms with Crippen LogP contribution in [0.25, 0.3) is 11.3 Å². The average Bonchev–Trinajstić information content (AvgIpc) is 3.11. The van der Waals surface area contributed by atoms with Crippen LogP contribution >= 0.6 is 0 Å². The summed E-state index contributed by atoms with van der Waals surface area (Å²) >= 11 is 0. The second-order valence-corrected chi connectivity index (χ2v) is 7.44. The van der Waals surface area contributed by atoms with Crippen LogP contribution in [0.4, 0.5) is 5.69 Å². The average molecular weight is 361 g/mol. The molecule has 4 rings (SSSR count). The fourth-order valence-electron chi connectivity index (χ4n) is 3.52. The van der Waals surface area contributed by atoms with E-state index in [1.54, 1.807) is 0 Å². The number of imidazole rings is 1. The lowest BCUT2D eigenvalue weighted by atomic mass is 10.1. The van der Waals surface area contributed by atoms with Crippen LogP contribution in [0.3, 0.4) is 0 Å². The third-order valence-corrected chi connectivity index (χ3v) is 4.86. The smallest absolute Gasteiger partial charge is 0.120 e. The van der Waals surface area contributed by atoms with Crippen LogP contribution in [0.15, 0.2) is 54.7 Å². The molecule has 2 heterocycles. The van der Waals surface area contributed by atoms with Crippen molar-refractivity contribution in [3.63, 3.8) is 0 Å². The highest BCUT2D eigenvalue weighted by atomic mass is 16.5. The van der Waals surface area contributed by atoms with Crippen LogP contribution in [0.1, 0.15) is 38.1 Å². The third kappa shape index (κ3) is 4.33. The van der Waals surface area contributed by atoms with Crippen molar-refractivity contribution in [1.29, 1.82) is 0 Å². The number of nitrogens with one attached hydrogen (secondary N) is 1. The van der Waals surface area contributed by atoms with E-state index in [1.165, 1.54) is 29.8 Å². The summed E-state index contributed by atoms with van der Waals surface area (Å²) in [5.74, 6) is 2.14. The maximum atomic E-state index is 5.77. The van der Waals surface area contributed by atoms with E-state index < -0.39 is 0 Å². The largest absolute Gasteiger partial charge is 0.491 e. The molecule has 1 N–H and O–H groups in total. The number of rotatable bonds is 6. The molecule has 2 aromatic carbocycles. The monoisotopic (exact) mass is 361 g/mol. The van der Waals surface area contributed by atoms with Gasteiger partial charge in [0.1, 0.15) is 11.6 Å². The molecule has 0 aliphatic carbocycles. The first kappa shape index (κ1) is 17.7. The molecule has 1 aliphatic rings. The highest BCUT2D eigenvalue weighted by Crippen LogP contribution is 2.24. The van der Waals surface area contributed by atoms with Crippen LogP contribution in [0, 0.1) is 0 Å². The maximum Gasteiger partial charge on any atom is 0.120 e. The van der Waals surface area contributed by atoms with Gasteiger partial charge in [0.15, 0.2) is 0 Å². The Hall–Kier alpha value is -2.75. The van der Waals surface area contributed by atoms with Gasteiger partial charge in [-0.15, -0.1) is 0 Å². The van der Waals surface area contributed by atoms with Gasteiger partial charge < -0.3 is 14.6 Å². The van der Waals surface area contributed by atoms with E-state index in [2.05, 4.69) is 52.5 Å². The Morgan fingerprint density at radius 3 is 2.74 bits per heavy atom. The lowest BCUT2D eigenvalue weighted by Crippen LogP contribution is -2.08.